The summed E-state index contributed by atoms with van der Waals surface area (Å²) in [6.07, 6.45) is 2.67. The monoisotopic (exact) mass is 326 g/mol. The molecule has 1 aromatic carbocycles. The van der Waals surface area contributed by atoms with Crippen molar-refractivity contribution in [2.75, 3.05) is 5.32 Å². The number of ether oxygens (including phenoxy) is 1. The second-order valence-corrected chi connectivity index (χ2v) is 6.34. The molecule has 24 heavy (non-hydrogen) atoms. The number of benzene rings is 1. The van der Waals surface area contributed by atoms with Crippen LogP contribution in [0, 0.1) is 0 Å². The van der Waals surface area contributed by atoms with Crippen LogP contribution in [0.15, 0.2) is 47.5 Å². The summed E-state index contributed by atoms with van der Waals surface area (Å²) < 4.78 is 6.76. The Morgan fingerprint density at radius 3 is 2.83 bits per heavy atom. The Balaban J connectivity index is 1.94. The zero-order chi connectivity index (χ0) is 17.3. The van der Waals surface area contributed by atoms with Gasteiger partial charge in [-0.3, -0.25) is 14.9 Å². The van der Waals surface area contributed by atoms with E-state index in [1.54, 1.807) is 63.5 Å². The number of nitrogens with zero attached hydrogens (tertiary/aromatic N) is 2. The number of aromatic nitrogens is 3. The van der Waals surface area contributed by atoms with Crippen LogP contribution in [0.2, 0.25) is 0 Å². The Hall–Kier alpha value is -3.09. The lowest BCUT2D eigenvalue weighted by Gasteiger charge is -2.19. The minimum atomic E-state index is -0.581. The maximum Gasteiger partial charge on any atom is 0.412 e. The second kappa shape index (κ2) is 5.84. The van der Waals surface area contributed by atoms with Gasteiger partial charge < -0.3 is 9.72 Å². The SMILES string of the molecule is CC(C)(C)OC(=O)Nc1cccc(-n2c(=O)[nH]c3cnccc32)c1. The van der Waals surface area contributed by atoms with Gasteiger partial charge in [0.25, 0.3) is 0 Å². The number of pyridine rings is 1. The molecule has 7 heteroatoms. The smallest absolute Gasteiger partial charge is 0.412 e. The lowest BCUT2D eigenvalue weighted by atomic mass is 10.2. The molecule has 0 aliphatic carbocycles. The predicted molar refractivity (Wildman–Crippen MR) is 91.5 cm³/mol. The van der Waals surface area contributed by atoms with E-state index in [-0.39, 0.29) is 5.69 Å². The van der Waals surface area contributed by atoms with Gasteiger partial charge in [0, 0.05) is 11.9 Å². The number of aromatic amines is 1. The van der Waals surface area contributed by atoms with Gasteiger partial charge in [-0.15, -0.1) is 0 Å². The number of nitrogens with one attached hydrogen (secondary N) is 2. The molecule has 3 rings (SSSR count). The molecule has 0 fully saturated rings. The van der Waals surface area contributed by atoms with Gasteiger partial charge in [0.1, 0.15) is 5.60 Å². The van der Waals surface area contributed by atoms with Gasteiger partial charge in [0.05, 0.1) is 22.9 Å². The van der Waals surface area contributed by atoms with Gasteiger partial charge >= 0.3 is 11.8 Å². The normalized spacial score (nSPS) is 11.5. The van der Waals surface area contributed by atoms with E-state index in [2.05, 4.69) is 15.3 Å². The van der Waals surface area contributed by atoms with Crippen molar-refractivity contribution in [3.8, 4) is 5.69 Å². The van der Waals surface area contributed by atoms with Crippen LogP contribution in [0.3, 0.4) is 0 Å². The van der Waals surface area contributed by atoms with E-state index in [0.29, 0.717) is 22.4 Å². The van der Waals surface area contributed by atoms with Gasteiger partial charge in [-0.05, 0) is 45.0 Å². The average molecular weight is 326 g/mol. The molecule has 0 aliphatic rings. The van der Waals surface area contributed by atoms with Crippen LogP contribution in [-0.2, 0) is 4.74 Å². The molecule has 0 radical (unpaired) electrons. The number of fused-ring (bicyclic) bond motifs is 1. The molecule has 2 heterocycles. The van der Waals surface area contributed by atoms with E-state index in [0.717, 1.165) is 0 Å². The van der Waals surface area contributed by atoms with E-state index in [1.807, 2.05) is 0 Å². The minimum absolute atomic E-state index is 0.271. The van der Waals surface area contributed by atoms with E-state index < -0.39 is 11.7 Å². The highest BCUT2D eigenvalue weighted by Crippen LogP contribution is 2.18. The summed E-state index contributed by atoms with van der Waals surface area (Å²) in [5.41, 5.74) is 1.68. The molecule has 3 aromatic rings. The molecule has 0 spiro atoms. The van der Waals surface area contributed by atoms with Gasteiger partial charge in [-0.25, -0.2) is 9.59 Å². The number of imidazole rings is 1. The van der Waals surface area contributed by atoms with Crippen molar-refractivity contribution in [3.63, 3.8) is 0 Å². The molecule has 1 amide bonds. The van der Waals surface area contributed by atoms with E-state index in [9.17, 15) is 9.59 Å². The Kier molecular flexibility index (Phi) is 3.84. The summed E-state index contributed by atoms with van der Waals surface area (Å²) in [5, 5.41) is 2.67. The molecule has 0 atom stereocenters. The van der Waals surface area contributed by atoms with Crippen LogP contribution in [-0.4, -0.2) is 26.2 Å². The van der Waals surface area contributed by atoms with E-state index in [1.165, 1.54) is 4.57 Å². The minimum Gasteiger partial charge on any atom is -0.444 e. The molecule has 0 unspecified atom stereocenters. The van der Waals surface area contributed by atoms with Crippen molar-refractivity contribution in [2.45, 2.75) is 26.4 Å². The second-order valence-electron chi connectivity index (χ2n) is 6.34. The number of carbonyl (C=O) groups excluding carboxylic acids is 1. The van der Waals surface area contributed by atoms with Gasteiger partial charge in [0.2, 0.25) is 0 Å². The maximum absolute atomic E-state index is 12.2. The third kappa shape index (κ3) is 3.29. The van der Waals surface area contributed by atoms with Gasteiger partial charge in [-0.2, -0.15) is 0 Å². The standard InChI is InChI=1S/C17H18N4O3/c1-17(2,3)24-16(23)19-11-5-4-6-12(9-11)21-14-7-8-18-10-13(14)20-15(21)22/h4-10H,1-3H3,(H,19,23)(H,20,22). The summed E-state index contributed by atoms with van der Waals surface area (Å²) in [5.74, 6) is 0. The molecular weight excluding hydrogens is 308 g/mol. The zero-order valence-electron chi connectivity index (χ0n) is 13.7. The first-order valence-electron chi connectivity index (χ1n) is 7.49. The summed E-state index contributed by atoms with van der Waals surface area (Å²) in [6, 6.07) is 8.74. The number of hydrogen-bond donors (Lipinski definition) is 2. The molecule has 0 aliphatic heterocycles. The first-order valence-corrected chi connectivity index (χ1v) is 7.49. The van der Waals surface area contributed by atoms with E-state index in [4.69, 9.17) is 4.74 Å². The fraction of sp³-hybridized carbons (Fsp3) is 0.235. The third-order valence-corrected chi connectivity index (χ3v) is 3.23. The number of amides is 1. The highest BCUT2D eigenvalue weighted by molar-refractivity contribution is 5.85. The number of H-pyrrole nitrogens is 1. The first-order chi connectivity index (χ1) is 11.3. The highest BCUT2D eigenvalue weighted by Gasteiger charge is 2.16. The van der Waals surface area contributed by atoms with E-state index >= 15 is 0 Å². The average Bonchev–Trinajstić information content (AvgIpc) is 2.81. The van der Waals surface area contributed by atoms with Crippen molar-refractivity contribution in [3.05, 3.63) is 53.2 Å². The number of hydrogen-bond acceptors (Lipinski definition) is 4. The molecule has 0 bridgehead atoms. The van der Waals surface area contributed by atoms with Crippen molar-refractivity contribution in [1.82, 2.24) is 14.5 Å². The van der Waals surface area contributed by atoms with Crippen LogP contribution in [0.25, 0.3) is 16.7 Å². The maximum atomic E-state index is 12.2. The summed E-state index contributed by atoms with van der Waals surface area (Å²) in [4.78, 5) is 30.9. The van der Waals surface area contributed by atoms with Crippen LogP contribution < -0.4 is 11.0 Å². The van der Waals surface area contributed by atoms with Crippen molar-refractivity contribution < 1.29 is 9.53 Å². The molecule has 0 saturated heterocycles. The Morgan fingerprint density at radius 1 is 1.29 bits per heavy atom. The molecule has 124 valence electrons. The van der Waals surface area contributed by atoms with Crippen LogP contribution in [0.1, 0.15) is 20.8 Å². The largest absolute Gasteiger partial charge is 0.444 e. The lowest BCUT2D eigenvalue weighted by molar-refractivity contribution is 0.0636. The first kappa shape index (κ1) is 15.8. The quantitative estimate of drug-likeness (QED) is 0.757. The molecule has 2 N–H and O–H groups in total. The fourth-order valence-electron chi connectivity index (χ4n) is 2.36. The third-order valence-electron chi connectivity index (χ3n) is 3.23. The Bertz CT molecular complexity index is 950. The lowest BCUT2D eigenvalue weighted by Crippen LogP contribution is -2.27. The number of carbonyl (C=O) groups is 1. The van der Waals surface area contributed by atoms with Crippen molar-refractivity contribution in [2.24, 2.45) is 0 Å². The summed E-state index contributed by atoms with van der Waals surface area (Å²) >= 11 is 0. The molecular formula is C17H18N4O3. The highest BCUT2D eigenvalue weighted by atomic mass is 16.6. The van der Waals surface area contributed by atoms with Gasteiger partial charge in [-0.1, -0.05) is 6.07 Å². The molecule has 7 nitrogen and oxygen atoms in total. The van der Waals surface area contributed by atoms with Crippen LogP contribution in [0.4, 0.5) is 10.5 Å². The fourth-order valence-corrected chi connectivity index (χ4v) is 2.36. The Labute approximate surface area is 138 Å². The number of anilines is 1. The van der Waals surface area contributed by atoms with Crippen molar-refractivity contribution in [1.29, 1.82) is 0 Å². The number of rotatable bonds is 2. The van der Waals surface area contributed by atoms with Crippen LogP contribution in [0.5, 0.6) is 0 Å². The van der Waals surface area contributed by atoms with Crippen LogP contribution >= 0.6 is 0 Å². The molecule has 2 aromatic heterocycles. The zero-order valence-corrected chi connectivity index (χ0v) is 13.7. The predicted octanol–water partition coefficient (Wildman–Crippen LogP) is 3.06. The summed E-state index contributed by atoms with van der Waals surface area (Å²) in [7, 11) is 0. The Morgan fingerprint density at radius 2 is 2.08 bits per heavy atom. The molecule has 0 saturated carbocycles. The van der Waals surface area contributed by atoms with Crippen molar-refractivity contribution >= 4 is 22.8 Å². The topological polar surface area (TPSA) is 89.0 Å². The van der Waals surface area contributed by atoms with Gasteiger partial charge in [0.15, 0.2) is 0 Å². The summed E-state index contributed by atoms with van der Waals surface area (Å²) in [6.45, 7) is 5.38.